The van der Waals surface area contributed by atoms with Crippen LogP contribution in [0, 0.1) is 0 Å². The molecule has 0 spiro atoms. The lowest BCUT2D eigenvalue weighted by Crippen LogP contribution is -2.37. The van der Waals surface area contributed by atoms with Gasteiger partial charge in [-0.2, -0.15) is 0 Å². The van der Waals surface area contributed by atoms with Gasteiger partial charge in [0.1, 0.15) is 5.78 Å². The van der Waals surface area contributed by atoms with E-state index >= 15 is 0 Å². The second kappa shape index (κ2) is 13.9. The summed E-state index contributed by atoms with van der Waals surface area (Å²) in [4.78, 5) is 26.0. The van der Waals surface area contributed by atoms with Crippen molar-refractivity contribution in [2.24, 2.45) is 0 Å². The molecule has 1 fully saturated rings. The van der Waals surface area contributed by atoms with Crippen LogP contribution < -0.4 is 5.48 Å². The summed E-state index contributed by atoms with van der Waals surface area (Å²) in [6.07, 6.45) is 6.45. The molecule has 0 saturated carbocycles. The summed E-state index contributed by atoms with van der Waals surface area (Å²) >= 11 is 0. The maximum Gasteiger partial charge on any atom is 0.247 e. The summed E-state index contributed by atoms with van der Waals surface area (Å²) < 4.78 is 5.37. The number of aryl methyl sites for hydroxylation is 2. The molecule has 1 amide bonds. The molecule has 1 aliphatic heterocycles. The number of unbranched alkanes of at least 4 members (excludes halogenated alkanes) is 1. The highest BCUT2D eigenvalue weighted by Crippen LogP contribution is 2.14. The number of benzene rings is 2. The molecule has 2 N–H and O–H groups in total. The van der Waals surface area contributed by atoms with Crippen LogP contribution in [-0.2, 0) is 40.0 Å². The third-order valence-electron chi connectivity index (χ3n) is 6.12. The number of nitrogens with one attached hydrogen (secondary N) is 1. The number of nitrogens with zero attached hydrogens (tertiary/aromatic N) is 1. The minimum Gasteiger partial charge on any atom is -0.379 e. The zero-order valence-corrected chi connectivity index (χ0v) is 19.4. The van der Waals surface area contributed by atoms with E-state index in [2.05, 4.69) is 29.2 Å². The Morgan fingerprint density at radius 2 is 1.52 bits per heavy atom. The Hall–Kier alpha value is -2.54. The van der Waals surface area contributed by atoms with Gasteiger partial charge < -0.3 is 4.74 Å². The van der Waals surface area contributed by atoms with Gasteiger partial charge in [0.05, 0.1) is 19.6 Å². The van der Waals surface area contributed by atoms with Crippen LogP contribution in [0.5, 0.6) is 0 Å². The quantitative estimate of drug-likeness (QED) is 0.276. The van der Waals surface area contributed by atoms with E-state index in [0.29, 0.717) is 18.6 Å². The van der Waals surface area contributed by atoms with E-state index in [1.807, 2.05) is 24.3 Å². The van der Waals surface area contributed by atoms with Gasteiger partial charge in [0.25, 0.3) is 0 Å². The third-order valence-corrected chi connectivity index (χ3v) is 6.12. The van der Waals surface area contributed by atoms with Crippen LogP contribution in [0.15, 0.2) is 48.5 Å². The molecule has 1 saturated heterocycles. The summed E-state index contributed by atoms with van der Waals surface area (Å²) in [5.41, 5.74) is 6.20. The third kappa shape index (κ3) is 9.46. The number of Topliss-reactive ketones (excluding diaryl/α,β-unsaturated/α-hetero) is 1. The van der Waals surface area contributed by atoms with Crippen LogP contribution in [0.4, 0.5) is 0 Å². The lowest BCUT2D eigenvalue weighted by molar-refractivity contribution is -0.128. The van der Waals surface area contributed by atoms with Crippen molar-refractivity contribution in [2.45, 2.75) is 51.4 Å². The summed E-state index contributed by atoms with van der Waals surface area (Å²) in [5.74, 6) is -0.0833. The molecule has 1 aliphatic rings. The van der Waals surface area contributed by atoms with Crippen molar-refractivity contribution < 1.29 is 19.5 Å². The SMILES string of the molecule is O=C(CCCN1CCOCC1)Cc1cccc(CCCCc2ccc(CC(=O)NO)cc2)c1. The molecule has 178 valence electrons. The highest BCUT2D eigenvalue weighted by molar-refractivity contribution is 5.80. The van der Waals surface area contributed by atoms with Gasteiger partial charge in [0, 0.05) is 25.9 Å². The van der Waals surface area contributed by atoms with Gasteiger partial charge in [-0.15, -0.1) is 0 Å². The minimum atomic E-state index is -0.403. The number of ketones is 1. The first-order valence-electron chi connectivity index (χ1n) is 12.0. The normalized spacial score (nSPS) is 14.2. The lowest BCUT2D eigenvalue weighted by atomic mass is 9.99. The number of hydroxylamine groups is 1. The van der Waals surface area contributed by atoms with Gasteiger partial charge in [0.15, 0.2) is 0 Å². The van der Waals surface area contributed by atoms with Crippen LogP contribution in [0.25, 0.3) is 0 Å². The van der Waals surface area contributed by atoms with Crippen molar-refractivity contribution in [3.8, 4) is 0 Å². The Balaban J connectivity index is 1.33. The summed E-state index contributed by atoms with van der Waals surface area (Å²) in [6.45, 7) is 4.54. The fourth-order valence-electron chi connectivity index (χ4n) is 4.24. The first-order valence-corrected chi connectivity index (χ1v) is 12.0. The first-order chi connectivity index (χ1) is 16.1. The standard InChI is InChI=1S/C27H36N2O4/c30-26(9-4-14-29-15-17-33-18-16-29)20-25-8-3-7-23(19-25)6-2-1-5-22-10-12-24(13-11-22)21-27(31)28-32/h3,7-8,10-13,19,32H,1-2,4-6,9,14-18,20-21H2,(H,28,31). The Morgan fingerprint density at radius 3 is 2.24 bits per heavy atom. The maximum absolute atomic E-state index is 12.4. The second-order valence-corrected chi connectivity index (χ2v) is 8.83. The Bertz CT molecular complexity index is 876. The molecule has 3 rings (SSSR count). The molecule has 6 nitrogen and oxygen atoms in total. The fourth-order valence-corrected chi connectivity index (χ4v) is 4.24. The van der Waals surface area contributed by atoms with Crippen molar-refractivity contribution in [1.29, 1.82) is 0 Å². The topological polar surface area (TPSA) is 78.9 Å². The number of carbonyl (C=O) groups excluding carboxylic acids is 2. The van der Waals surface area contributed by atoms with Gasteiger partial charge >= 0.3 is 0 Å². The van der Waals surface area contributed by atoms with E-state index in [4.69, 9.17) is 9.94 Å². The fraction of sp³-hybridized carbons (Fsp3) is 0.481. The van der Waals surface area contributed by atoms with Gasteiger partial charge in [-0.25, -0.2) is 5.48 Å². The molecule has 0 bridgehead atoms. The predicted octanol–water partition coefficient (Wildman–Crippen LogP) is 3.52. The summed E-state index contributed by atoms with van der Waals surface area (Å²) in [5, 5.41) is 8.61. The monoisotopic (exact) mass is 452 g/mol. The molecular formula is C27H36N2O4. The van der Waals surface area contributed by atoms with Crippen molar-refractivity contribution in [3.05, 3.63) is 70.8 Å². The maximum atomic E-state index is 12.4. The Labute approximate surface area is 196 Å². The number of rotatable bonds is 13. The molecule has 0 unspecified atom stereocenters. The van der Waals surface area contributed by atoms with Gasteiger partial charge in [0.2, 0.25) is 5.91 Å². The molecule has 0 aliphatic carbocycles. The molecule has 2 aromatic carbocycles. The van der Waals surface area contributed by atoms with Gasteiger partial charge in [-0.1, -0.05) is 48.5 Å². The van der Waals surface area contributed by atoms with E-state index in [9.17, 15) is 9.59 Å². The molecule has 1 heterocycles. The summed E-state index contributed by atoms with van der Waals surface area (Å²) in [7, 11) is 0. The zero-order valence-electron chi connectivity index (χ0n) is 19.4. The molecule has 0 aromatic heterocycles. The average Bonchev–Trinajstić information content (AvgIpc) is 2.83. The number of amides is 1. The predicted molar refractivity (Wildman–Crippen MR) is 128 cm³/mol. The molecule has 6 heteroatoms. The van der Waals surface area contributed by atoms with Crippen LogP contribution in [0.2, 0.25) is 0 Å². The Morgan fingerprint density at radius 1 is 0.848 bits per heavy atom. The van der Waals surface area contributed by atoms with Crippen molar-refractivity contribution in [1.82, 2.24) is 10.4 Å². The second-order valence-electron chi connectivity index (χ2n) is 8.83. The average molecular weight is 453 g/mol. The van der Waals surface area contributed by atoms with Crippen LogP contribution >= 0.6 is 0 Å². The van der Waals surface area contributed by atoms with E-state index in [1.165, 1.54) is 11.1 Å². The van der Waals surface area contributed by atoms with E-state index in [-0.39, 0.29) is 6.42 Å². The van der Waals surface area contributed by atoms with Crippen molar-refractivity contribution in [2.75, 3.05) is 32.8 Å². The molecule has 33 heavy (non-hydrogen) atoms. The van der Waals surface area contributed by atoms with E-state index < -0.39 is 5.91 Å². The lowest BCUT2D eigenvalue weighted by Gasteiger charge is -2.26. The highest BCUT2D eigenvalue weighted by Gasteiger charge is 2.11. The largest absolute Gasteiger partial charge is 0.379 e. The smallest absolute Gasteiger partial charge is 0.247 e. The number of ether oxygens (including phenoxy) is 1. The highest BCUT2D eigenvalue weighted by atomic mass is 16.5. The number of carbonyl (C=O) groups is 2. The molecule has 2 aromatic rings. The number of hydrogen-bond acceptors (Lipinski definition) is 5. The van der Waals surface area contributed by atoms with Crippen LogP contribution in [-0.4, -0.2) is 54.6 Å². The number of morpholine rings is 1. The molecule has 0 atom stereocenters. The number of hydrogen-bond donors (Lipinski definition) is 2. The first kappa shape index (κ1) is 25.1. The van der Waals surface area contributed by atoms with Crippen molar-refractivity contribution >= 4 is 11.7 Å². The van der Waals surface area contributed by atoms with Crippen LogP contribution in [0.3, 0.4) is 0 Å². The van der Waals surface area contributed by atoms with Crippen LogP contribution in [0.1, 0.15) is 47.9 Å². The van der Waals surface area contributed by atoms with Crippen molar-refractivity contribution in [3.63, 3.8) is 0 Å². The minimum absolute atomic E-state index is 0.184. The van der Waals surface area contributed by atoms with Gasteiger partial charge in [-0.3, -0.25) is 19.7 Å². The van der Waals surface area contributed by atoms with E-state index in [1.54, 1.807) is 5.48 Å². The van der Waals surface area contributed by atoms with E-state index in [0.717, 1.165) is 76.1 Å². The molecular weight excluding hydrogens is 416 g/mol. The summed E-state index contributed by atoms with van der Waals surface area (Å²) in [6, 6.07) is 16.4. The van der Waals surface area contributed by atoms with Gasteiger partial charge in [-0.05, 0) is 60.9 Å². The molecule has 0 radical (unpaired) electrons. The Kier molecular flexibility index (Phi) is 10.6. The zero-order chi connectivity index (χ0) is 23.3.